The van der Waals surface area contributed by atoms with Crippen LogP contribution in [0.2, 0.25) is 0 Å². The molecule has 0 unspecified atom stereocenters. The Labute approximate surface area is 107 Å². The Morgan fingerprint density at radius 1 is 1.39 bits per heavy atom. The first-order valence-corrected chi connectivity index (χ1v) is 6.10. The molecule has 0 aliphatic carbocycles. The highest BCUT2D eigenvalue weighted by Crippen LogP contribution is 2.30. The van der Waals surface area contributed by atoms with Gasteiger partial charge in [-0.25, -0.2) is 0 Å². The van der Waals surface area contributed by atoms with E-state index in [4.69, 9.17) is 16.2 Å². The van der Waals surface area contributed by atoms with Crippen molar-refractivity contribution < 1.29 is 9.53 Å². The highest BCUT2D eigenvalue weighted by atomic mass is 16.5. The summed E-state index contributed by atoms with van der Waals surface area (Å²) in [7, 11) is 1.95. The smallest absolute Gasteiger partial charge is 0.250 e. The SMILES string of the molecule is CN(c1c(N)cccc1C(N)=O)C1CCOCC1. The topological polar surface area (TPSA) is 81.6 Å². The molecule has 0 bridgehead atoms. The molecule has 4 N–H and O–H groups in total. The van der Waals surface area contributed by atoms with Crippen LogP contribution in [0.3, 0.4) is 0 Å². The first-order valence-electron chi connectivity index (χ1n) is 6.10. The molecule has 0 aromatic heterocycles. The second kappa shape index (κ2) is 5.27. The lowest BCUT2D eigenvalue weighted by molar-refractivity contribution is 0.0854. The number of carbonyl (C=O) groups excluding carboxylic acids is 1. The molecule has 0 radical (unpaired) electrons. The second-order valence-electron chi connectivity index (χ2n) is 4.56. The van der Waals surface area contributed by atoms with Crippen molar-refractivity contribution in [1.82, 2.24) is 0 Å². The molecule has 2 rings (SSSR count). The van der Waals surface area contributed by atoms with Crippen LogP contribution in [-0.2, 0) is 4.74 Å². The van der Waals surface area contributed by atoms with Gasteiger partial charge in [0.1, 0.15) is 0 Å². The van der Waals surface area contributed by atoms with Gasteiger partial charge >= 0.3 is 0 Å². The van der Waals surface area contributed by atoms with E-state index in [0.29, 0.717) is 17.3 Å². The lowest BCUT2D eigenvalue weighted by Crippen LogP contribution is -2.38. The van der Waals surface area contributed by atoms with E-state index in [-0.39, 0.29) is 0 Å². The maximum absolute atomic E-state index is 11.5. The fourth-order valence-electron chi connectivity index (χ4n) is 2.41. The van der Waals surface area contributed by atoms with E-state index in [2.05, 4.69) is 4.90 Å². The highest BCUT2D eigenvalue weighted by molar-refractivity contribution is 6.01. The van der Waals surface area contributed by atoms with Gasteiger partial charge in [-0.05, 0) is 25.0 Å². The van der Waals surface area contributed by atoms with E-state index in [9.17, 15) is 4.79 Å². The van der Waals surface area contributed by atoms with Crippen LogP contribution < -0.4 is 16.4 Å². The lowest BCUT2D eigenvalue weighted by Gasteiger charge is -2.34. The van der Waals surface area contributed by atoms with Gasteiger partial charge in [0.2, 0.25) is 0 Å². The van der Waals surface area contributed by atoms with Crippen LogP contribution in [-0.4, -0.2) is 32.2 Å². The molecule has 0 saturated carbocycles. The molecule has 0 spiro atoms. The van der Waals surface area contributed by atoms with Crippen molar-refractivity contribution in [2.45, 2.75) is 18.9 Å². The molecular formula is C13H19N3O2. The minimum Gasteiger partial charge on any atom is -0.397 e. The van der Waals surface area contributed by atoms with Crippen LogP contribution >= 0.6 is 0 Å². The predicted octanol–water partition coefficient (Wildman–Crippen LogP) is 0.983. The fourth-order valence-corrected chi connectivity index (χ4v) is 2.41. The minimum absolute atomic E-state index is 0.335. The summed E-state index contributed by atoms with van der Waals surface area (Å²) >= 11 is 0. The third-order valence-electron chi connectivity index (χ3n) is 3.42. The Morgan fingerprint density at radius 2 is 2.06 bits per heavy atom. The molecule has 1 aromatic rings. The molecule has 0 atom stereocenters. The van der Waals surface area contributed by atoms with Gasteiger partial charge in [0.05, 0.1) is 16.9 Å². The van der Waals surface area contributed by atoms with E-state index in [0.717, 1.165) is 31.7 Å². The largest absolute Gasteiger partial charge is 0.397 e. The van der Waals surface area contributed by atoms with Crippen molar-refractivity contribution in [3.05, 3.63) is 23.8 Å². The summed E-state index contributed by atoms with van der Waals surface area (Å²) < 4.78 is 5.34. The number of benzene rings is 1. The van der Waals surface area contributed by atoms with Crippen LogP contribution in [0.25, 0.3) is 0 Å². The van der Waals surface area contributed by atoms with Crippen molar-refractivity contribution >= 4 is 17.3 Å². The standard InChI is InChI=1S/C13H19N3O2/c1-16(9-5-7-18-8-6-9)12-10(13(15)17)3-2-4-11(12)14/h2-4,9H,5-8,14H2,1H3,(H2,15,17). The van der Waals surface area contributed by atoms with Crippen molar-refractivity contribution in [3.63, 3.8) is 0 Å². The average Bonchev–Trinajstić information content (AvgIpc) is 2.38. The van der Waals surface area contributed by atoms with Gasteiger partial charge in [-0.15, -0.1) is 0 Å². The third kappa shape index (κ3) is 2.41. The predicted molar refractivity (Wildman–Crippen MR) is 71.6 cm³/mol. The van der Waals surface area contributed by atoms with Crippen LogP contribution in [0.15, 0.2) is 18.2 Å². The summed E-state index contributed by atoms with van der Waals surface area (Å²) in [6.07, 6.45) is 1.87. The van der Waals surface area contributed by atoms with E-state index >= 15 is 0 Å². The molecular weight excluding hydrogens is 230 g/mol. The van der Waals surface area contributed by atoms with Crippen LogP contribution in [0.1, 0.15) is 23.2 Å². The zero-order valence-corrected chi connectivity index (χ0v) is 10.6. The summed E-state index contributed by atoms with van der Waals surface area (Å²) in [5.74, 6) is -0.448. The van der Waals surface area contributed by atoms with Gasteiger partial charge in [0.25, 0.3) is 5.91 Å². The maximum Gasteiger partial charge on any atom is 0.250 e. The van der Waals surface area contributed by atoms with E-state index in [1.165, 1.54) is 0 Å². The zero-order valence-electron chi connectivity index (χ0n) is 10.6. The number of primary amides is 1. The van der Waals surface area contributed by atoms with Crippen LogP contribution in [0.4, 0.5) is 11.4 Å². The summed E-state index contributed by atoms with van der Waals surface area (Å²) in [5, 5.41) is 0. The average molecular weight is 249 g/mol. The van der Waals surface area contributed by atoms with Crippen molar-refractivity contribution in [3.8, 4) is 0 Å². The first kappa shape index (κ1) is 12.7. The fraction of sp³-hybridized carbons (Fsp3) is 0.462. The maximum atomic E-state index is 11.5. The van der Waals surface area contributed by atoms with Gasteiger partial charge < -0.3 is 21.1 Å². The van der Waals surface area contributed by atoms with Gasteiger partial charge in [-0.3, -0.25) is 4.79 Å². The molecule has 1 amide bonds. The Bertz CT molecular complexity index is 442. The number of nitrogen functional groups attached to an aromatic ring is 1. The number of rotatable bonds is 3. The number of nitrogens with zero attached hydrogens (tertiary/aromatic N) is 1. The van der Waals surface area contributed by atoms with E-state index < -0.39 is 5.91 Å². The molecule has 1 saturated heterocycles. The molecule has 1 heterocycles. The number of ether oxygens (including phenoxy) is 1. The normalized spacial score (nSPS) is 16.5. The summed E-state index contributed by atoms with van der Waals surface area (Å²) in [4.78, 5) is 13.5. The summed E-state index contributed by atoms with van der Waals surface area (Å²) in [6, 6.07) is 5.58. The molecule has 18 heavy (non-hydrogen) atoms. The first-order chi connectivity index (χ1) is 8.61. The molecule has 1 fully saturated rings. The number of nitrogens with two attached hydrogens (primary N) is 2. The summed E-state index contributed by atoms with van der Waals surface area (Å²) in [6.45, 7) is 1.49. The number of hydrogen-bond acceptors (Lipinski definition) is 4. The van der Waals surface area contributed by atoms with E-state index in [1.807, 2.05) is 7.05 Å². The van der Waals surface area contributed by atoms with Crippen molar-refractivity contribution in [2.24, 2.45) is 5.73 Å². The van der Waals surface area contributed by atoms with Gasteiger partial charge in [-0.1, -0.05) is 6.07 Å². The Morgan fingerprint density at radius 3 is 2.67 bits per heavy atom. The lowest BCUT2D eigenvalue weighted by atomic mass is 10.0. The number of para-hydroxylation sites is 1. The van der Waals surface area contributed by atoms with Crippen LogP contribution in [0, 0.1) is 0 Å². The highest BCUT2D eigenvalue weighted by Gasteiger charge is 2.23. The molecule has 5 nitrogen and oxygen atoms in total. The van der Waals surface area contributed by atoms with Gasteiger partial charge in [0, 0.05) is 26.3 Å². The molecule has 1 aromatic carbocycles. The molecule has 98 valence electrons. The molecule has 1 aliphatic heterocycles. The second-order valence-corrected chi connectivity index (χ2v) is 4.56. The monoisotopic (exact) mass is 249 g/mol. The van der Waals surface area contributed by atoms with Crippen molar-refractivity contribution in [2.75, 3.05) is 30.9 Å². The van der Waals surface area contributed by atoms with Gasteiger partial charge in [0.15, 0.2) is 0 Å². The number of anilines is 2. The minimum atomic E-state index is -0.448. The Kier molecular flexibility index (Phi) is 3.72. The molecule has 1 aliphatic rings. The van der Waals surface area contributed by atoms with Crippen molar-refractivity contribution in [1.29, 1.82) is 0 Å². The third-order valence-corrected chi connectivity index (χ3v) is 3.42. The number of carbonyl (C=O) groups is 1. The van der Waals surface area contributed by atoms with Gasteiger partial charge in [-0.2, -0.15) is 0 Å². The Balaban J connectivity index is 2.33. The number of amides is 1. The number of hydrogen-bond donors (Lipinski definition) is 2. The molecule has 5 heteroatoms. The van der Waals surface area contributed by atoms with E-state index in [1.54, 1.807) is 18.2 Å². The zero-order chi connectivity index (χ0) is 13.1. The quantitative estimate of drug-likeness (QED) is 0.782. The summed E-state index contributed by atoms with van der Waals surface area (Å²) in [5.41, 5.74) is 13.2. The Hall–Kier alpha value is -1.75. The van der Waals surface area contributed by atoms with Crippen LogP contribution in [0.5, 0.6) is 0 Å².